The number of nitrogens with two attached hydrogens (primary N) is 1. The van der Waals surface area contributed by atoms with Crippen molar-refractivity contribution in [2.45, 2.75) is 26.4 Å². The highest BCUT2D eigenvalue weighted by Crippen LogP contribution is 2.10. The number of carbonyl (C=O) groups is 2. The fraction of sp³-hybridized carbons (Fsp3) is 0.778. The van der Waals surface area contributed by atoms with E-state index in [9.17, 15) is 9.59 Å². The summed E-state index contributed by atoms with van der Waals surface area (Å²) in [6.45, 7) is 5.61. The lowest BCUT2D eigenvalue weighted by Crippen LogP contribution is -2.43. The fourth-order valence-corrected chi connectivity index (χ4v) is 1.14. The van der Waals surface area contributed by atoms with E-state index in [-0.39, 0.29) is 24.3 Å². The molecule has 0 atom stereocenters. The van der Waals surface area contributed by atoms with E-state index in [1.165, 1.54) is 0 Å². The molecular formula is C9H17BrN2O3. The number of nitrogens with zero attached hydrogens (tertiary/aromatic N) is 1. The number of halogens is 1. The van der Waals surface area contributed by atoms with Crippen LogP contribution in [0.3, 0.4) is 0 Å². The number of amides is 2. The second-order valence-electron chi connectivity index (χ2n) is 3.95. The van der Waals surface area contributed by atoms with Gasteiger partial charge in [-0.15, -0.1) is 0 Å². The Kier molecular flexibility index (Phi) is 5.82. The average Bonchev–Trinajstić information content (AvgIpc) is 2.10. The fourth-order valence-electron chi connectivity index (χ4n) is 0.836. The van der Waals surface area contributed by atoms with Gasteiger partial charge in [-0.05, 0) is 20.8 Å². The standard InChI is InChI=1S/C9H17BrN2O3/c1-9(2,3)15-8(14)12(5-4-11)7(13)6-10/h4-6,11H2,1-3H3. The summed E-state index contributed by atoms with van der Waals surface area (Å²) in [6.07, 6.45) is -0.655. The molecular weight excluding hydrogens is 264 g/mol. The second kappa shape index (κ2) is 6.07. The van der Waals surface area contributed by atoms with Crippen molar-refractivity contribution in [3.8, 4) is 0 Å². The zero-order chi connectivity index (χ0) is 12.1. The van der Waals surface area contributed by atoms with Crippen molar-refractivity contribution < 1.29 is 14.3 Å². The molecule has 5 nitrogen and oxygen atoms in total. The molecule has 88 valence electrons. The summed E-state index contributed by atoms with van der Waals surface area (Å²) in [5.41, 5.74) is 4.69. The maximum absolute atomic E-state index is 11.6. The largest absolute Gasteiger partial charge is 0.443 e. The molecule has 0 fully saturated rings. The van der Waals surface area contributed by atoms with Crippen molar-refractivity contribution >= 4 is 27.9 Å². The van der Waals surface area contributed by atoms with E-state index >= 15 is 0 Å². The van der Waals surface area contributed by atoms with Gasteiger partial charge in [0.25, 0.3) is 0 Å². The number of hydrogen-bond acceptors (Lipinski definition) is 4. The average molecular weight is 281 g/mol. The highest BCUT2D eigenvalue weighted by molar-refractivity contribution is 9.09. The normalized spacial score (nSPS) is 11.0. The molecule has 0 aromatic carbocycles. The number of carbonyl (C=O) groups excluding carboxylic acids is 2. The Morgan fingerprint density at radius 2 is 1.93 bits per heavy atom. The molecule has 0 aliphatic carbocycles. The summed E-state index contributed by atoms with van der Waals surface area (Å²) >= 11 is 2.99. The molecule has 2 N–H and O–H groups in total. The number of ether oxygens (including phenoxy) is 1. The van der Waals surface area contributed by atoms with Crippen LogP contribution in [-0.4, -0.2) is 40.9 Å². The molecule has 0 saturated carbocycles. The van der Waals surface area contributed by atoms with E-state index in [0.29, 0.717) is 0 Å². The summed E-state index contributed by atoms with van der Waals surface area (Å²) in [5.74, 6) is -0.352. The predicted molar refractivity (Wildman–Crippen MR) is 60.8 cm³/mol. The molecule has 0 aliphatic heterocycles. The predicted octanol–water partition coefficient (Wildman–Crippen LogP) is 1.10. The summed E-state index contributed by atoms with van der Waals surface area (Å²) in [7, 11) is 0. The zero-order valence-corrected chi connectivity index (χ0v) is 10.8. The minimum atomic E-state index is -0.655. The first-order chi connectivity index (χ1) is 6.81. The second-order valence-corrected chi connectivity index (χ2v) is 4.51. The van der Waals surface area contributed by atoms with E-state index < -0.39 is 11.7 Å². The van der Waals surface area contributed by atoms with Crippen LogP contribution in [0.4, 0.5) is 4.79 Å². The zero-order valence-electron chi connectivity index (χ0n) is 9.25. The molecule has 0 saturated heterocycles. The van der Waals surface area contributed by atoms with Gasteiger partial charge in [0.1, 0.15) is 5.60 Å². The van der Waals surface area contributed by atoms with Gasteiger partial charge < -0.3 is 10.5 Å². The first-order valence-corrected chi connectivity index (χ1v) is 5.73. The smallest absolute Gasteiger partial charge is 0.417 e. The highest BCUT2D eigenvalue weighted by Gasteiger charge is 2.25. The Hall–Kier alpha value is -0.620. The van der Waals surface area contributed by atoms with Crippen LogP contribution in [0.25, 0.3) is 0 Å². The quantitative estimate of drug-likeness (QED) is 0.786. The van der Waals surface area contributed by atoms with Crippen molar-refractivity contribution in [1.29, 1.82) is 0 Å². The third-order valence-corrected chi connectivity index (χ3v) is 1.86. The topological polar surface area (TPSA) is 72.6 Å². The van der Waals surface area contributed by atoms with E-state index in [4.69, 9.17) is 10.5 Å². The van der Waals surface area contributed by atoms with Crippen molar-refractivity contribution in [1.82, 2.24) is 4.90 Å². The molecule has 0 rings (SSSR count). The van der Waals surface area contributed by atoms with Crippen molar-refractivity contribution in [3.63, 3.8) is 0 Å². The first kappa shape index (κ1) is 14.4. The van der Waals surface area contributed by atoms with E-state index in [1.807, 2.05) is 0 Å². The maximum atomic E-state index is 11.6. The summed E-state index contributed by atoms with van der Waals surface area (Å²) in [6, 6.07) is 0. The molecule has 0 bridgehead atoms. The number of hydrogen-bond donors (Lipinski definition) is 1. The van der Waals surface area contributed by atoms with E-state index in [2.05, 4.69) is 15.9 Å². The van der Waals surface area contributed by atoms with Gasteiger partial charge in [0.05, 0.1) is 5.33 Å². The lowest BCUT2D eigenvalue weighted by atomic mass is 10.2. The van der Waals surface area contributed by atoms with Crippen LogP contribution in [0.1, 0.15) is 20.8 Å². The van der Waals surface area contributed by atoms with Gasteiger partial charge >= 0.3 is 6.09 Å². The van der Waals surface area contributed by atoms with Crippen LogP contribution < -0.4 is 5.73 Å². The number of alkyl halides is 1. The monoisotopic (exact) mass is 280 g/mol. The van der Waals surface area contributed by atoms with Crippen LogP contribution in [0.15, 0.2) is 0 Å². The Balaban J connectivity index is 4.49. The van der Waals surface area contributed by atoms with Gasteiger partial charge in [0.2, 0.25) is 5.91 Å². The van der Waals surface area contributed by atoms with E-state index in [0.717, 1.165) is 4.90 Å². The van der Waals surface area contributed by atoms with Crippen LogP contribution in [0.2, 0.25) is 0 Å². The summed E-state index contributed by atoms with van der Waals surface area (Å²) in [4.78, 5) is 23.9. The van der Waals surface area contributed by atoms with E-state index in [1.54, 1.807) is 20.8 Å². The lowest BCUT2D eigenvalue weighted by molar-refractivity contribution is -0.127. The minimum Gasteiger partial charge on any atom is -0.443 e. The summed E-state index contributed by atoms with van der Waals surface area (Å²) in [5, 5.41) is 0.0756. The van der Waals surface area contributed by atoms with Gasteiger partial charge in [-0.3, -0.25) is 4.79 Å². The Morgan fingerprint density at radius 3 is 2.27 bits per heavy atom. The van der Waals surface area contributed by atoms with Crippen molar-refractivity contribution in [3.05, 3.63) is 0 Å². The molecule has 0 unspecified atom stereocenters. The maximum Gasteiger partial charge on any atom is 0.417 e. The molecule has 2 amide bonds. The van der Waals surface area contributed by atoms with Gasteiger partial charge in [-0.25, -0.2) is 9.69 Å². The molecule has 0 spiro atoms. The molecule has 15 heavy (non-hydrogen) atoms. The van der Waals surface area contributed by atoms with Gasteiger partial charge in [0, 0.05) is 13.1 Å². The molecule has 6 heteroatoms. The van der Waals surface area contributed by atoms with Crippen LogP contribution in [0.5, 0.6) is 0 Å². The highest BCUT2D eigenvalue weighted by atomic mass is 79.9. The minimum absolute atomic E-state index is 0.0756. The molecule has 0 aromatic heterocycles. The Labute approximate surface area is 98.1 Å². The third-order valence-electron chi connectivity index (χ3n) is 1.38. The first-order valence-electron chi connectivity index (χ1n) is 4.61. The number of rotatable bonds is 3. The third kappa shape index (κ3) is 5.74. The Bertz CT molecular complexity index is 238. The van der Waals surface area contributed by atoms with Crippen LogP contribution in [-0.2, 0) is 9.53 Å². The van der Waals surface area contributed by atoms with Gasteiger partial charge in [-0.2, -0.15) is 0 Å². The van der Waals surface area contributed by atoms with Crippen molar-refractivity contribution in [2.24, 2.45) is 5.73 Å². The van der Waals surface area contributed by atoms with Gasteiger partial charge in [0.15, 0.2) is 0 Å². The summed E-state index contributed by atoms with van der Waals surface area (Å²) < 4.78 is 5.07. The molecule has 0 aliphatic rings. The molecule has 0 heterocycles. The van der Waals surface area contributed by atoms with Crippen molar-refractivity contribution in [2.75, 3.05) is 18.4 Å². The Morgan fingerprint density at radius 1 is 1.40 bits per heavy atom. The van der Waals surface area contributed by atoms with Crippen LogP contribution >= 0.6 is 15.9 Å². The lowest BCUT2D eigenvalue weighted by Gasteiger charge is -2.25. The van der Waals surface area contributed by atoms with Crippen LogP contribution in [0, 0.1) is 0 Å². The number of imide groups is 1. The van der Waals surface area contributed by atoms with Gasteiger partial charge in [-0.1, -0.05) is 15.9 Å². The SMILES string of the molecule is CC(C)(C)OC(=O)N(CCN)C(=O)CBr. The molecule has 0 radical (unpaired) electrons. The molecule has 0 aromatic rings.